The minimum absolute atomic E-state index is 0.243. The Labute approximate surface area is 114 Å². The first-order valence-electron chi connectivity index (χ1n) is 5.75. The van der Waals surface area contributed by atoms with Crippen LogP contribution in [-0.2, 0) is 11.2 Å². The Hall–Kier alpha value is -2.14. The van der Waals surface area contributed by atoms with Crippen molar-refractivity contribution >= 4 is 23.3 Å². The van der Waals surface area contributed by atoms with Crippen LogP contribution in [0.25, 0.3) is 0 Å². The molecule has 0 bridgehead atoms. The minimum Gasteiger partial charge on any atom is -0.480 e. The molecule has 6 heteroatoms. The highest BCUT2D eigenvalue weighted by atomic mass is 35.5. The van der Waals surface area contributed by atoms with Crippen molar-refractivity contribution in [1.82, 2.24) is 9.97 Å². The van der Waals surface area contributed by atoms with Gasteiger partial charge in [0.2, 0.25) is 0 Å². The van der Waals surface area contributed by atoms with Crippen LogP contribution in [0.2, 0.25) is 5.15 Å². The summed E-state index contributed by atoms with van der Waals surface area (Å²) in [7, 11) is 0. The zero-order valence-corrected chi connectivity index (χ0v) is 10.6. The Balaban J connectivity index is 1.68. The lowest BCUT2D eigenvalue weighted by molar-refractivity contribution is -0.122. The SMILES string of the molecule is O=C(Nc1cnc(Cl)cn1)C1Cc2ccccc2O1. The lowest BCUT2D eigenvalue weighted by Crippen LogP contribution is -2.31. The molecule has 96 valence electrons. The zero-order valence-electron chi connectivity index (χ0n) is 9.84. The third-order valence-corrected chi connectivity index (χ3v) is 3.01. The molecule has 1 unspecified atom stereocenters. The zero-order chi connectivity index (χ0) is 13.2. The molecule has 1 amide bonds. The van der Waals surface area contributed by atoms with E-state index < -0.39 is 6.10 Å². The maximum absolute atomic E-state index is 12.0. The van der Waals surface area contributed by atoms with E-state index in [2.05, 4.69) is 15.3 Å². The molecule has 1 aromatic carbocycles. The molecule has 0 radical (unpaired) electrons. The number of nitrogens with zero attached hydrogens (tertiary/aromatic N) is 2. The van der Waals surface area contributed by atoms with Gasteiger partial charge in [-0.15, -0.1) is 0 Å². The van der Waals surface area contributed by atoms with Crippen LogP contribution in [0.4, 0.5) is 5.82 Å². The number of carbonyl (C=O) groups is 1. The van der Waals surface area contributed by atoms with E-state index in [4.69, 9.17) is 16.3 Å². The maximum atomic E-state index is 12.0. The Morgan fingerprint density at radius 2 is 2.16 bits per heavy atom. The molecule has 1 N–H and O–H groups in total. The van der Waals surface area contributed by atoms with Crippen LogP contribution in [0, 0.1) is 0 Å². The van der Waals surface area contributed by atoms with Gasteiger partial charge < -0.3 is 10.1 Å². The Morgan fingerprint density at radius 3 is 2.89 bits per heavy atom. The highest BCUT2D eigenvalue weighted by Crippen LogP contribution is 2.28. The number of halogens is 1. The van der Waals surface area contributed by atoms with Crippen molar-refractivity contribution < 1.29 is 9.53 Å². The fourth-order valence-corrected chi connectivity index (χ4v) is 2.01. The second-order valence-corrected chi connectivity index (χ2v) is 4.52. The average molecular weight is 276 g/mol. The first-order valence-corrected chi connectivity index (χ1v) is 6.13. The van der Waals surface area contributed by atoms with E-state index in [1.165, 1.54) is 12.4 Å². The van der Waals surface area contributed by atoms with Crippen molar-refractivity contribution in [2.75, 3.05) is 5.32 Å². The number of amides is 1. The molecule has 0 saturated heterocycles. The third-order valence-electron chi connectivity index (χ3n) is 2.81. The number of aromatic nitrogens is 2. The summed E-state index contributed by atoms with van der Waals surface area (Å²) < 4.78 is 5.58. The number of carbonyl (C=O) groups excluding carboxylic acids is 1. The van der Waals surface area contributed by atoms with Gasteiger partial charge in [-0.05, 0) is 11.6 Å². The molecule has 0 fully saturated rings. The number of hydrogen-bond donors (Lipinski definition) is 1. The van der Waals surface area contributed by atoms with E-state index in [1.807, 2.05) is 24.3 Å². The van der Waals surface area contributed by atoms with Crippen LogP contribution in [0.5, 0.6) is 5.75 Å². The van der Waals surface area contributed by atoms with E-state index in [1.54, 1.807) is 0 Å². The minimum atomic E-state index is -0.533. The molecular weight excluding hydrogens is 266 g/mol. The summed E-state index contributed by atoms with van der Waals surface area (Å²) in [6.45, 7) is 0. The molecule has 1 aliphatic rings. The molecule has 2 heterocycles. The lowest BCUT2D eigenvalue weighted by atomic mass is 10.1. The number of benzene rings is 1. The van der Waals surface area contributed by atoms with Gasteiger partial charge in [-0.1, -0.05) is 29.8 Å². The Bertz CT molecular complexity index is 591. The summed E-state index contributed by atoms with van der Waals surface area (Å²) in [5.74, 6) is 0.867. The van der Waals surface area contributed by atoms with E-state index >= 15 is 0 Å². The van der Waals surface area contributed by atoms with Crippen molar-refractivity contribution in [3.63, 3.8) is 0 Å². The summed E-state index contributed by atoms with van der Waals surface area (Å²) in [6.07, 6.45) is 2.81. The monoisotopic (exact) mass is 275 g/mol. The number of anilines is 1. The molecule has 5 nitrogen and oxygen atoms in total. The quantitative estimate of drug-likeness (QED) is 0.911. The van der Waals surface area contributed by atoms with Gasteiger partial charge >= 0.3 is 0 Å². The van der Waals surface area contributed by atoms with E-state index in [9.17, 15) is 4.79 Å². The van der Waals surface area contributed by atoms with Crippen molar-refractivity contribution in [1.29, 1.82) is 0 Å². The van der Waals surface area contributed by atoms with Gasteiger partial charge in [-0.3, -0.25) is 4.79 Å². The summed E-state index contributed by atoms with van der Waals surface area (Å²) in [5.41, 5.74) is 1.03. The van der Waals surface area contributed by atoms with Crippen LogP contribution in [0.15, 0.2) is 36.7 Å². The molecule has 0 saturated carbocycles. The largest absolute Gasteiger partial charge is 0.480 e. The highest BCUT2D eigenvalue weighted by molar-refractivity contribution is 6.29. The lowest BCUT2D eigenvalue weighted by Gasteiger charge is -2.10. The maximum Gasteiger partial charge on any atom is 0.266 e. The van der Waals surface area contributed by atoms with Crippen molar-refractivity contribution in [2.24, 2.45) is 0 Å². The van der Waals surface area contributed by atoms with Crippen LogP contribution in [0.1, 0.15) is 5.56 Å². The third kappa shape index (κ3) is 2.51. The summed E-state index contributed by atoms with van der Waals surface area (Å²) in [6, 6.07) is 7.60. The van der Waals surface area contributed by atoms with Crippen molar-refractivity contribution in [2.45, 2.75) is 12.5 Å². The fraction of sp³-hybridized carbons (Fsp3) is 0.154. The predicted octanol–water partition coefficient (Wildman–Crippen LogP) is 2.07. The standard InChI is InChI=1S/C13H10ClN3O2/c14-11-6-16-12(7-15-11)17-13(18)10-5-8-3-1-2-4-9(8)19-10/h1-4,6-7,10H,5H2,(H,16,17,18). The molecule has 3 rings (SSSR count). The molecule has 1 aromatic heterocycles. The van der Waals surface area contributed by atoms with Gasteiger partial charge in [0.1, 0.15) is 10.9 Å². The fourth-order valence-electron chi connectivity index (χ4n) is 1.91. The molecule has 2 aromatic rings. The number of hydrogen-bond acceptors (Lipinski definition) is 4. The van der Waals surface area contributed by atoms with E-state index in [0.717, 1.165) is 11.3 Å². The van der Waals surface area contributed by atoms with Crippen LogP contribution < -0.4 is 10.1 Å². The molecule has 19 heavy (non-hydrogen) atoms. The van der Waals surface area contributed by atoms with Crippen molar-refractivity contribution in [3.05, 3.63) is 47.4 Å². The summed E-state index contributed by atoms with van der Waals surface area (Å²) >= 11 is 5.63. The van der Waals surface area contributed by atoms with Gasteiger partial charge in [0.05, 0.1) is 12.4 Å². The second-order valence-electron chi connectivity index (χ2n) is 4.13. The van der Waals surface area contributed by atoms with Gasteiger partial charge in [0, 0.05) is 6.42 Å². The summed E-state index contributed by atoms with van der Waals surface area (Å²) in [4.78, 5) is 19.8. The van der Waals surface area contributed by atoms with Gasteiger partial charge in [0.15, 0.2) is 11.9 Å². The Morgan fingerprint density at radius 1 is 1.32 bits per heavy atom. The summed E-state index contributed by atoms with van der Waals surface area (Å²) in [5, 5.41) is 2.93. The molecule has 0 aliphatic carbocycles. The van der Waals surface area contributed by atoms with Crippen LogP contribution in [0.3, 0.4) is 0 Å². The number of rotatable bonds is 2. The Kier molecular flexibility index (Phi) is 3.05. The molecular formula is C13H10ClN3O2. The first kappa shape index (κ1) is 11.9. The van der Waals surface area contributed by atoms with Gasteiger partial charge in [-0.2, -0.15) is 0 Å². The second kappa shape index (κ2) is 4.85. The first-order chi connectivity index (χ1) is 9.22. The molecule has 1 atom stereocenters. The number of para-hydroxylation sites is 1. The number of nitrogens with one attached hydrogen (secondary N) is 1. The highest BCUT2D eigenvalue weighted by Gasteiger charge is 2.28. The van der Waals surface area contributed by atoms with Crippen LogP contribution in [-0.4, -0.2) is 22.0 Å². The average Bonchev–Trinajstić information content (AvgIpc) is 2.85. The normalized spacial score (nSPS) is 16.6. The number of fused-ring (bicyclic) bond motifs is 1. The molecule has 0 spiro atoms. The van der Waals surface area contributed by atoms with E-state index in [-0.39, 0.29) is 11.1 Å². The van der Waals surface area contributed by atoms with Gasteiger partial charge in [-0.25, -0.2) is 9.97 Å². The smallest absolute Gasteiger partial charge is 0.266 e. The topological polar surface area (TPSA) is 64.1 Å². The molecule has 1 aliphatic heterocycles. The van der Waals surface area contributed by atoms with Gasteiger partial charge in [0.25, 0.3) is 5.91 Å². The van der Waals surface area contributed by atoms with E-state index in [0.29, 0.717) is 12.2 Å². The van der Waals surface area contributed by atoms with Crippen molar-refractivity contribution in [3.8, 4) is 5.75 Å². The number of ether oxygens (including phenoxy) is 1. The van der Waals surface area contributed by atoms with Crippen LogP contribution >= 0.6 is 11.6 Å². The predicted molar refractivity (Wildman–Crippen MR) is 70.2 cm³/mol.